The third-order valence-electron chi connectivity index (χ3n) is 3.97. The van der Waals surface area contributed by atoms with Crippen molar-refractivity contribution >= 4 is 11.6 Å². The summed E-state index contributed by atoms with van der Waals surface area (Å²) in [5.41, 5.74) is 0. The van der Waals surface area contributed by atoms with Crippen molar-refractivity contribution in [3.05, 3.63) is 0 Å². The average Bonchev–Trinajstić information content (AvgIpc) is 2.49. The topological polar surface area (TPSA) is 27.7 Å². The standard InChI is InChI=1S/C16H33ClO3/c1-5-10-15(12-9-14-17)11-7-6-8-13-16(18-2,19-3)20-4/h15H,5-14H2,1-4H3. The van der Waals surface area contributed by atoms with Crippen molar-refractivity contribution in [2.24, 2.45) is 5.92 Å². The molecule has 0 radical (unpaired) electrons. The number of ether oxygens (including phenoxy) is 3. The molecular weight excluding hydrogens is 276 g/mol. The molecule has 0 rings (SSSR count). The Labute approximate surface area is 130 Å². The third kappa shape index (κ3) is 8.46. The zero-order valence-corrected chi connectivity index (χ0v) is 14.5. The predicted octanol–water partition coefficient (Wildman–Crippen LogP) is 4.97. The first-order chi connectivity index (χ1) is 9.67. The van der Waals surface area contributed by atoms with Crippen LogP contribution in [0, 0.1) is 5.92 Å². The van der Waals surface area contributed by atoms with E-state index in [2.05, 4.69) is 6.92 Å². The van der Waals surface area contributed by atoms with Crippen LogP contribution in [0.3, 0.4) is 0 Å². The summed E-state index contributed by atoms with van der Waals surface area (Å²) in [6, 6.07) is 0. The van der Waals surface area contributed by atoms with E-state index in [0.717, 1.165) is 31.1 Å². The van der Waals surface area contributed by atoms with Crippen LogP contribution >= 0.6 is 11.6 Å². The van der Waals surface area contributed by atoms with Crippen LogP contribution in [0.25, 0.3) is 0 Å². The van der Waals surface area contributed by atoms with Gasteiger partial charge in [0.2, 0.25) is 0 Å². The molecule has 0 fully saturated rings. The molecule has 0 aromatic heterocycles. The minimum Gasteiger partial charge on any atom is -0.331 e. The summed E-state index contributed by atoms with van der Waals surface area (Å²) in [5.74, 6) is 0.774. The zero-order valence-electron chi connectivity index (χ0n) is 13.8. The van der Waals surface area contributed by atoms with Crippen molar-refractivity contribution < 1.29 is 14.2 Å². The van der Waals surface area contributed by atoms with E-state index >= 15 is 0 Å². The summed E-state index contributed by atoms with van der Waals surface area (Å²) in [4.78, 5) is 0. The highest BCUT2D eigenvalue weighted by Crippen LogP contribution is 2.24. The molecule has 0 aliphatic heterocycles. The molecule has 0 heterocycles. The smallest absolute Gasteiger partial charge is 0.282 e. The molecule has 1 unspecified atom stereocenters. The van der Waals surface area contributed by atoms with Gasteiger partial charge >= 0.3 is 0 Å². The molecule has 4 heteroatoms. The highest BCUT2D eigenvalue weighted by Gasteiger charge is 2.28. The Balaban J connectivity index is 3.81. The van der Waals surface area contributed by atoms with Crippen LogP contribution in [-0.2, 0) is 14.2 Å². The summed E-state index contributed by atoms with van der Waals surface area (Å²) < 4.78 is 15.9. The van der Waals surface area contributed by atoms with Gasteiger partial charge in [-0.15, -0.1) is 11.6 Å². The number of unbranched alkanes of at least 4 members (excludes halogenated alkanes) is 2. The highest BCUT2D eigenvalue weighted by molar-refractivity contribution is 6.17. The number of hydrogen-bond acceptors (Lipinski definition) is 3. The molecule has 122 valence electrons. The van der Waals surface area contributed by atoms with Gasteiger partial charge < -0.3 is 14.2 Å². The fraction of sp³-hybridized carbons (Fsp3) is 1.00. The lowest BCUT2D eigenvalue weighted by atomic mass is 9.92. The molecule has 1 atom stereocenters. The van der Waals surface area contributed by atoms with Crippen molar-refractivity contribution in [1.29, 1.82) is 0 Å². The summed E-state index contributed by atoms with van der Waals surface area (Å²) in [7, 11) is 4.86. The lowest BCUT2D eigenvalue weighted by molar-refractivity contribution is -0.355. The van der Waals surface area contributed by atoms with Crippen LogP contribution in [0.2, 0.25) is 0 Å². The van der Waals surface area contributed by atoms with Crippen LogP contribution in [0.4, 0.5) is 0 Å². The van der Waals surface area contributed by atoms with Gasteiger partial charge in [0.05, 0.1) is 0 Å². The predicted molar refractivity (Wildman–Crippen MR) is 85.2 cm³/mol. The Bertz CT molecular complexity index is 200. The average molecular weight is 309 g/mol. The van der Waals surface area contributed by atoms with Crippen LogP contribution in [0.5, 0.6) is 0 Å². The summed E-state index contributed by atoms with van der Waals surface area (Å²) >= 11 is 5.79. The number of methoxy groups -OCH3 is 3. The quantitative estimate of drug-likeness (QED) is 0.258. The number of hydrogen-bond donors (Lipinski definition) is 0. The van der Waals surface area contributed by atoms with Crippen LogP contribution in [0.15, 0.2) is 0 Å². The van der Waals surface area contributed by atoms with Gasteiger partial charge in [0.15, 0.2) is 0 Å². The lowest BCUT2D eigenvalue weighted by Gasteiger charge is -2.28. The van der Waals surface area contributed by atoms with Gasteiger partial charge in [0.25, 0.3) is 5.97 Å². The van der Waals surface area contributed by atoms with Crippen molar-refractivity contribution in [1.82, 2.24) is 0 Å². The Morgan fingerprint density at radius 2 is 1.45 bits per heavy atom. The van der Waals surface area contributed by atoms with E-state index < -0.39 is 5.97 Å². The van der Waals surface area contributed by atoms with Crippen LogP contribution < -0.4 is 0 Å². The molecule has 0 aliphatic rings. The molecule has 0 aromatic carbocycles. The minimum absolute atomic E-state index is 0.774. The van der Waals surface area contributed by atoms with Crippen molar-refractivity contribution in [2.45, 2.75) is 70.7 Å². The van der Waals surface area contributed by atoms with E-state index in [9.17, 15) is 0 Å². The first-order valence-corrected chi connectivity index (χ1v) is 8.42. The van der Waals surface area contributed by atoms with Gasteiger partial charge in [-0.3, -0.25) is 0 Å². The Hall–Kier alpha value is 0.170. The molecule has 0 bridgehead atoms. The zero-order chi connectivity index (χ0) is 15.3. The number of halogens is 1. The molecule has 0 saturated carbocycles. The summed E-state index contributed by atoms with van der Waals surface area (Å²) in [5, 5.41) is 0. The SMILES string of the molecule is CCCC(CCCCl)CCCCCC(OC)(OC)OC. The third-order valence-corrected chi connectivity index (χ3v) is 4.24. The maximum atomic E-state index is 5.79. The maximum Gasteiger partial charge on any atom is 0.282 e. The van der Waals surface area contributed by atoms with E-state index in [1.165, 1.54) is 38.5 Å². The molecule has 0 saturated heterocycles. The second kappa shape index (κ2) is 12.9. The van der Waals surface area contributed by atoms with Crippen molar-refractivity contribution in [3.63, 3.8) is 0 Å². The molecule has 0 aliphatic carbocycles. The molecular formula is C16H33ClO3. The highest BCUT2D eigenvalue weighted by atomic mass is 35.5. The Morgan fingerprint density at radius 1 is 0.850 bits per heavy atom. The van der Waals surface area contributed by atoms with Crippen LogP contribution in [0.1, 0.15) is 64.7 Å². The van der Waals surface area contributed by atoms with Gasteiger partial charge in [-0.25, -0.2) is 0 Å². The monoisotopic (exact) mass is 308 g/mol. The summed E-state index contributed by atoms with van der Waals surface area (Å²) in [6.45, 7) is 2.26. The largest absolute Gasteiger partial charge is 0.331 e. The molecule has 0 amide bonds. The fourth-order valence-electron chi connectivity index (χ4n) is 2.71. The second-order valence-corrected chi connectivity index (χ2v) is 5.76. The molecule has 0 aromatic rings. The Morgan fingerprint density at radius 3 is 1.95 bits per heavy atom. The van der Waals surface area contributed by atoms with Gasteiger partial charge in [-0.2, -0.15) is 0 Å². The van der Waals surface area contributed by atoms with Crippen molar-refractivity contribution in [3.8, 4) is 0 Å². The van der Waals surface area contributed by atoms with E-state index in [4.69, 9.17) is 25.8 Å². The van der Waals surface area contributed by atoms with Gasteiger partial charge in [-0.05, 0) is 25.2 Å². The molecule has 20 heavy (non-hydrogen) atoms. The Kier molecular flexibility index (Phi) is 13.0. The number of alkyl halides is 1. The van der Waals surface area contributed by atoms with Gasteiger partial charge in [-0.1, -0.05) is 39.0 Å². The molecule has 0 N–H and O–H groups in total. The fourth-order valence-corrected chi connectivity index (χ4v) is 2.87. The van der Waals surface area contributed by atoms with E-state index in [0.29, 0.717) is 0 Å². The van der Waals surface area contributed by atoms with Gasteiger partial charge in [0.1, 0.15) is 0 Å². The second-order valence-electron chi connectivity index (χ2n) is 5.38. The minimum atomic E-state index is -0.860. The van der Waals surface area contributed by atoms with E-state index in [1.807, 2.05) is 0 Å². The molecule has 0 spiro atoms. The maximum absolute atomic E-state index is 5.79. The molecule has 3 nitrogen and oxygen atoms in total. The normalized spacial score (nSPS) is 13.7. The van der Waals surface area contributed by atoms with Gasteiger partial charge in [0, 0.05) is 33.6 Å². The summed E-state index contributed by atoms with van der Waals surface area (Å²) in [6.07, 6.45) is 10.6. The van der Waals surface area contributed by atoms with E-state index in [1.54, 1.807) is 21.3 Å². The lowest BCUT2D eigenvalue weighted by Crippen LogP contribution is -2.35. The number of rotatable bonds is 14. The first-order valence-electron chi connectivity index (χ1n) is 7.89. The van der Waals surface area contributed by atoms with Crippen molar-refractivity contribution in [2.75, 3.05) is 27.2 Å². The first kappa shape index (κ1) is 20.2. The van der Waals surface area contributed by atoms with E-state index in [-0.39, 0.29) is 0 Å². The van der Waals surface area contributed by atoms with Crippen LogP contribution in [-0.4, -0.2) is 33.2 Å².